The van der Waals surface area contributed by atoms with Gasteiger partial charge in [-0.05, 0) is 60.6 Å². The summed E-state index contributed by atoms with van der Waals surface area (Å²) in [4.78, 5) is 15.5. The predicted molar refractivity (Wildman–Crippen MR) is 135 cm³/mol. The van der Waals surface area contributed by atoms with Gasteiger partial charge in [-0.1, -0.05) is 51.0 Å². The number of rotatable bonds is 6. The molecule has 182 valence electrons. The number of hydrogen-bond acceptors (Lipinski definition) is 4. The van der Waals surface area contributed by atoms with Gasteiger partial charge in [0.25, 0.3) is 0 Å². The van der Waals surface area contributed by atoms with Crippen LogP contribution in [0.5, 0.6) is 11.5 Å². The van der Waals surface area contributed by atoms with E-state index in [2.05, 4.69) is 38.1 Å². The molecule has 2 fully saturated rings. The maximum absolute atomic E-state index is 13.5. The largest absolute Gasteiger partial charge is 0.497 e. The van der Waals surface area contributed by atoms with Crippen LogP contribution in [0.25, 0.3) is 6.08 Å². The van der Waals surface area contributed by atoms with E-state index >= 15 is 0 Å². The van der Waals surface area contributed by atoms with Crippen molar-refractivity contribution in [3.8, 4) is 11.5 Å². The van der Waals surface area contributed by atoms with Crippen molar-refractivity contribution in [2.45, 2.75) is 63.5 Å². The summed E-state index contributed by atoms with van der Waals surface area (Å²) in [6.07, 6.45) is 7.88. The fourth-order valence-electron chi connectivity index (χ4n) is 5.64. The molecule has 2 aromatic carbocycles. The molecule has 0 radical (unpaired) electrons. The van der Waals surface area contributed by atoms with Crippen LogP contribution in [0.4, 0.5) is 0 Å². The highest BCUT2D eigenvalue weighted by molar-refractivity contribution is 5.92. The number of aliphatic hydroxyl groups is 1. The number of nitrogens with zero attached hydrogens (tertiary/aromatic N) is 1. The molecular weight excluding hydrogens is 426 g/mol. The maximum atomic E-state index is 13.5. The highest BCUT2D eigenvalue weighted by Crippen LogP contribution is 2.51. The highest BCUT2D eigenvalue weighted by atomic mass is 16.5. The summed E-state index contributed by atoms with van der Waals surface area (Å²) in [7, 11) is 3.29. The first-order valence-electron chi connectivity index (χ1n) is 12.4. The number of methoxy groups -OCH3 is 2. The van der Waals surface area contributed by atoms with Crippen molar-refractivity contribution < 1.29 is 19.4 Å². The van der Waals surface area contributed by atoms with Crippen molar-refractivity contribution in [1.29, 1.82) is 0 Å². The number of carbonyl (C=O) groups is 1. The third-order valence-electron chi connectivity index (χ3n) is 7.63. The van der Waals surface area contributed by atoms with Gasteiger partial charge in [0.15, 0.2) is 0 Å². The highest BCUT2D eigenvalue weighted by Gasteiger charge is 2.50. The first-order valence-corrected chi connectivity index (χ1v) is 12.4. The lowest BCUT2D eigenvalue weighted by molar-refractivity contribution is -0.151. The Morgan fingerprint density at radius 1 is 1.09 bits per heavy atom. The van der Waals surface area contributed by atoms with Crippen LogP contribution in [0.1, 0.15) is 74.6 Å². The smallest absolute Gasteiger partial charge is 0.247 e. The summed E-state index contributed by atoms with van der Waals surface area (Å²) >= 11 is 0. The Hall–Kier alpha value is -2.79. The monoisotopic (exact) mass is 463 g/mol. The molecule has 0 aromatic heterocycles. The topological polar surface area (TPSA) is 59.0 Å². The molecule has 34 heavy (non-hydrogen) atoms. The van der Waals surface area contributed by atoms with E-state index in [0.717, 1.165) is 36.8 Å². The predicted octanol–water partition coefficient (Wildman–Crippen LogP) is 5.74. The number of amides is 1. The van der Waals surface area contributed by atoms with Crippen LogP contribution in [0.15, 0.2) is 48.5 Å². The summed E-state index contributed by atoms with van der Waals surface area (Å²) in [5.74, 6) is 1.82. The molecule has 1 heterocycles. The number of likely N-dealkylation sites (tertiary alicyclic amines) is 1. The van der Waals surface area contributed by atoms with Gasteiger partial charge in [-0.2, -0.15) is 0 Å². The van der Waals surface area contributed by atoms with Crippen LogP contribution in [0.3, 0.4) is 0 Å². The van der Waals surface area contributed by atoms with Gasteiger partial charge in [-0.3, -0.25) is 4.79 Å². The van der Waals surface area contributed by atoms with Crippen molar-refractivity contribution in [3.05, 3.63) is 65.2 Å². The zero-order valence-corrected chi connectivity index (χ0v) is 20.8. The molecule has 1 N–H and O–H groups in total. The first-order chi connectivity index (χ1) is 16.4. The number of fused-ring (bicyclic) bond motifs is 1. The molecule has 1 saturated heterocycles. The lowest BCUT2D eigenvalue weighted by atomic mass is 9.66. The van der Waals surface area contributed by atoms with Gasteiger partial charge in [0.2, 0.25) is 5.91 Å². The second-order valence-electron chi connectivity index (χ2n) is 9.94. The van der Waals surface area contributed by atoms with Crippen LogP contribution in [0, 0.1) is 5.92 Å². The Bertz CT molecular complexity index is 1030. The van der Waals surface area contributed by atoms with E-state index in [9.17, 15) is 9.90 Å². The van der Waals surface area contributed by atoms with Gasteiger partial charge in [0, 0.05) is 24.1 Å². The average Bonchev–Trinajstić information content (AvgIpc) is 2.86. The number of benzene rings is 2. The average molecular weight is 464 g/mol. The molecule has 3 atom stereocenters. The standard InChI is InChI=1S/C29H37NO4/c1-20(2)22-11-8-21(9-12-22)10-15-27(31)30-18-17-29(32)16-6-5-7-25(29)28(30)24-19-23(33-3)13-14-26(24)34-4/h8-15,19-20,25,28,32H,5-7,16-18H2,1-4H3/b15-10+. The Balaban J connectivity index is 1.68. The second kappa shape index (κ2) is 10.2. The molecule has 1 aliphatic carbocycles. The molecule has 5 nitrogen and oxygen atoms in total. The number of ether oxygens (including phenoxy) is 2. The van der Waals surface area contributed by atoms with E-state index in [1.54, 1.807) is 20.3 Å². The number of hydrogen-bond donors (Lipinski definition) is 1. The zero-order chi connectivity index (χ0) is 24.3. The molecule has 2 aliphatic rings. The summed E-state index contributed by atoms with van der Waals surface area (Å²) < 4.78 is 11.2. The molecule has 1 aliphatic heterocycles. The van der Waals surface area contributed by atoms with Crippen molar-refractivity contribution in [2.24, 2.45) is 5.92 Å². The van der Waals surface area contributed by atoms with Crippen LogP contribution in [-0.4, -0.2) is 42.3 Å². The van der Waals surface area contributed by atoms with E-state index in [1.165, 1.54) is 5.56 Å². The molecule has 1 saturated carbocycles. The van der Waals surface area contributed by atoms with Crippen molar-refractivity contribution in [3.63, 3.8) is 0 Å². The summed E-state index contributed by atoms with van der Waals surface area (Å²) in [5.41, 5.74) is 2.42. The minimum absolute atomic E-state index is 0.0429. The van der Waals surface area contributed by atoms with Gasteiger partial charge in [-0.25, -0.2) is 0 Å². The number of piperidine rings is 1. The van der Waals surface area contributed by atoms with Gasteiger partial charge < -0.3 is 19.5 Å². The molecule has 5 heteroatoms. The second-order valence-corrected chi connectivity index (χ2v) is 9.94. The molecule has 4 rings (SSSR count). The third kappa shape index (κ3) is 4.85. The van der Waals surface area contributed by atoms with E-state index in [0.29, 0.717) is 30.4 Å². The van der Waals surface area contributed by atoms with E-state index in [-0.39, 0.29) is 17.9 Å². The van der Waals surface area contributed by atoms with Crippen molar-refractivity contribution in [2.75, 3.05) is 20.8 Å². The zero-order valence-electron chi connectivity index (χ0n) is 20.8. The van der Waals surface area contributed by atoms with E-state index < -0.39 is 5.60 Å². The quantitative estimate of drug-likeness (QED) is 0.556. The van der Waals surface area contributed by atoms with E-state index in [1.807, 2.05) is 29.2 Å². The van der Waals surface area contributed by atoms with Gasteiger partial charge >= 0.3 is 0 Å². The molecule has 0 spiro atoms. The molecule has 3 unspecified atom stereocenters. The van der Waals surface area contributed by atoms with Crippen LogP contribution in [0.2, 0.25) is 0 Å². The molecule has 1 amide bonds. The summed E-state index contributed by atoms with van der Waals surface area (Å²) in [6.45, 7) is 4.85. The Morgan fingerprint density at radius 3 is 2.53 bits per heavy atom. The molecule has 2 aromatic rings. The minimum atomic E-state index is -0.760. The maximum Gasteiger partial charge on any atom is 0.247 e. The van der Waals surface area contributed by atoms with E-state index in [4.69, 9.17) is 9.47 Å². The minimum Gasteiger partial charge on any atom is -0.497 e. The van der Waals surface area contributed by atoms with Gasteiger partial charge in [-0.15, -0.1) is 0 Å². The third-order valence-corrected chi connectivity index (χ3v) is 7.63. The van der Waals surface area contributed by atoms with Crippen LogP contribution < -0.4 is 9.47 Å². The van der Waals surface area contributed by atoms with Gasteiger partial charge in [0.05, 0.1) is 25.9 Å². The Morgan fingerprint density at radius 2 is 1.85 bits per heavy atom. The van der Waals surface area contributed by atoms with Crippen LogP contribution >= 0.6 is 0 Å². The number of carbonyl (C=O) groups excluding carboxylic acids is 1. The summed E-state index contributed by atoms with van der Waals surface area (Å²) in [6, 6.07) is 13.8. The van der Waals surface area contributed by atoms with Crippen molar-refractivity contribution in [1.82, 2.24) is 4.90 Å². The lowest BCUT2D eigenvalue weighted by Crippen LogP contribution is -2.56. The first kappa shape index (κ1) is 24.3. The fraction of sp³-hybridized carbons (Fsp3) is 0.483. The lowest BCUT2D eigenvalue weighted by Gasteiger charge is -2.52. The van der Waals surface area contributed by atoms with Crippen LogP contribution in [-0.2, 0) is 4.79 Å². The Kier molecular flexibility index (Phi) is 7.32. The Labute approximate surface area is 203 Å². The molecule has 0 bridgehead atoms. The summed E-state index contributed by atoms with van der Waals surface area (Å²) in [5, 5.41) is 11.6. The fourth-order valence-corrected chi connectivity index (χ4v) is 5.64. The van der Waals surface area contributed by atoms with Gasteiger partial charge in [0.1, 0.15) is 11.5 Å². The normalized spacial score (nSPS) is 24.8. The SMILES string of the molecule is COc1ccc(OC)c(C2C3CCCCC3(O)CCN2C(=O)/C=C/c2ccc(C(C)C)cc2)c1. The van der Waals surface area contributed by atoms with Crippen molar-refractivity contribution >= 4 is 12.0 Å². The molecular formula is C29H37NO4.